The van der Waals surface area contributed by atoms with Crippen LogP contribution in [0.15, 0.2) is 54.6 Å². The molecule has 1 N–H and O–H groups in total. The lowest BCUT2D eigenvalue weighted by atomic mass is 9.75. The van der Waals surface area contributed by atoms with Gasteiger partial charge in [0.1, 0.15) is 12.4 Å². The Hall–Kier alpha value is -1.84. The number of nitrogens with zero attached hydrogens (tertiary/aromatic N) is 1. The zero-order chi connectivity index (χ0) is 18.4. The molecule has 1 aliphatic rings. The molecule has 0 heterocycles. The molecule has 0 saturated heterocycles. The zero-order valence-corrected chi connectivity index (χ0v) is 16.0. The first-order valence-corrected chi connectivity index (χ1v) is 9.73. The smallest absolute Gasteiger partial charge is 0.119 e. The summed E-state index contributed by atoms with van der Waals surface area (Å²) < 4.78 is 5.91. The molecule has 3 heteroatoms. The highest BCUT2D eigenvalue weighted by Crippen LogP contribution is 2.37. The second-order valence-corrected chi connectivity index (χ2v) is 7.73. The molecule has 0 bridgehead atoms. The van der Waals surface area contributed by atoms with Gasteiger partial charge in [-0.2, -0.15) is 0 Å². The molecule has 0 aromatic heterocycles. The SMILES string of the molecule is CN(C)CC(c1ccc(OCc2ccccc2)cc1)[C@H]1CCCC[C@H]1O. The number of ether oxygens (including phenoxy) is 1. The van der Waals surface area contributed by atoms with Crippen LogP contribution in [-0.2, 0) is 6.61 Å². The highest BCUT2D eigenvalue weighted by Gasteiger charge is 2.31. The Balaban J connectivity index is 1.69. The molecule has 1 aliphatic carbocycles. The number of hydrogen-bond acceptors (Lipinski definition) is 3. The minimum absolute atomic E-state index is 0.178. The van der Waals surface area contributed by atoms with Gasteiger partial charge in [-0.15, -0.1) is 0 Å². The summed E-state index contributed by atoms with van der Waals surface area (Å²) in [4.78, 5) is 2.23. The molecular weight excluding hydrogens is 322 g/mol. The Kier molecular flexibility index (Phi) is 6.70. The molecule has 0 spiro atoms. The Labute approximate surface area is 157 Å². The Morgan fingerprint density at radius 2 is 1.69 bits per heavy atom. The molecule has 0 radical (unpaired) electrons. The Morgan fingerprint density at radius 1 is 1.00 bits per heavy atom. The summed E-state index contributed by atoms with van der Waals surface area (Å²) in [5.74, 6) is 1.61. The monoisotopic (exact) mass is 353 g/mol. The molecule has 2 aromatic rings. The van der Waals surface area contributed by atoms with E-state index in [0.29, 0.717) is 18.4 Å². The van der Waals surface area contributed by atoms with Crippen LogP contribution in [0.1, 0.15) is 42.7 Å². The predicted octanol–water partition coefficient (Wildman–Crippen LogP) is 4.46. The average molecular weight is 354 g/mol. The van der Waals surface area contributed by atoms with Gasteiger partial charge < -0.3 is 14.7 Å². The summed E-state index contributed by atoms with van der Waals surface area (Å²) in [7, 11) is 4.22. The van der Waals surface area contributed by atoms with E-state index in [9.17, 15) is 5.11 Å². The van der Waals surface area contributed by atoms with Gasteiger partial charge in [-0.3, -0.25) is 0 Å². The molecule has 0 amide bonds. The van der Waals surface area contributed by atoms with Crippen molar-refractivity contribution in [2.45, 2.75) is 44.3 Å². The third-order valence-electron chi connectivity index (χ3n) is 5.42. The maximum Gasteiger partial charge on any atom is 0.119 e. The first-order valence-electron chi connectivity index (χ1n) is 9.73. The van der Waals surface area contributed by atoms with Crippen molar-refractivity contribution in [3.63, 3.8) is 0 Å². The Bertz CT molecular complexity index is 654. The third kappa shape index (κ3) is 5.09. The van der Waals surface area contributed by atoms with Gasteiger partial charge in [-0.25, -0.2) is 0 Å². The maximum absolute atomic E-state index is 10.5. The number of hydrogen-bond donors (Lipinski definition) is 1. The quantitative estimate of drug-likeness (QED) is 0.797. The molecule has 26 heavy (non-hydrogen) atoms. The van der Waals surface area contributed by atoms with Crippen LogP contribution in [0.25, 0.3) is 0 Å². The van der Waals surface area contributed by atoms with E-state index in [-0.39, 0.29) is 6.10 Å². The van der Waals surface area contributed by atoms with Crippen LogP contribution >= 0.6 is 0 Å². The molecule has 2 aromatic carbocycles. The van der Waals surface area contributed by atoms with Crippen molar-refractivity contribution in [3.8, 4) is 5.75 Å². The molecule has 140 valence electrons. The maximum atomic E-state index is 10.5. The summed E-state index contributed by atoms with van der Waals surface area (Å²) in [6.45, 7) is 1.55. The lowest BCUT2D eigenvalue weighted by molar-refractivity contribution is 0.0494. The van der Waals surface area contributed by atoms with Crippen LogP contribution in [-0.4, -0.2) is 36.8 Å². The molecular formula is C23H31NO2. The van der Waals surface area contributed by atoms with Crippen molar-refractivity contribution in [1.82, 2.24) is 4.90 Å². The summed E-state index contributed by atoms with van der Waals surface area (Å²) in [5, 5.41) is 10.5. The molecule has 1 saturated carbocycles. The number of aliphatic hydroxyl groups excluding tert-OH is 1. The number of likely N-dealkylation sites (N-methyl/N-ethyl adjacent to an activating group) is 1. The van der Waals surface area contributed by atoms with E-state index in [1.165, 1.54) is 17.5 Å². The van der Waals surface area contributed by atoms with Crippen LogP contribution in [0.3, 0.4) is 0 Å². The van der Waals surface area contributed by atoms with Gasteiger partial charge in [0.25, 0.3) is 0 Å². The third-order valence-corrected chi connectivity index (χ3v) is 5.42. The minimum Gasteiger partial charge on any atom is -0.489 e. The molecule has 1 unspecified atom stereocenters. The normalized spacial score (nSPS) is 21.5. The first kappa shape index (κ1) is 18.9. The van der Waals surface area contributed by atoms with Crippen LogP contribution in [0.2, 0.25) is 0 Å². The van der Waals surface area contributed by atoms with Crippen LogP contribution in [0.5, 0.6) is 5.75 Å². The fourth-order valence-electron chi connectivity index (χ4n) is 4.04. The van der Waals surface area contributed by atoms with Gasteiger partial charge in [0.2, 0.25) is 0 Å². The van der Waals surface area contributed by atoms with E-state index in [0.717, 1.165) is 31.6 Å². The molecule has 3 rings (SSSR count). The Morgan fingerprint density at radius 3 is 2.35 bits per heavy atom. The van der Waals surface area contributed by atoms with Gasteiger partial charge in [-0.1, -0.05) is 55.3 Å². The zero-order valence-electron chi connectivity index (χ0n) is 16.0. The van der Waals surface area contributed by atoms with E-state index in [4.69, 9.17) is 4.74 Å². The fourth-order valence-corrected chi connectivity index (χ4v) is 4.04. The standard InChI is InChI=1S/C23H31NO2/c1-24(2)16-22(21-10-6-7-11-23(21)25)19-12-14-20(15-13-19)26-17-18-8-4-3-5-9-18/h3-5,8-9,12-15,21-23,25H,6-7,10-11,16-17H2,1-2H3/t21-,22?,23-/m1/s1. The molecule has 0 aliphatic heterocycles. The lowest BCUT2D eigenvalue weighted by Crippen LogP contribution is -2.35. The summed E-state index contributed by atoms with van der Waals surface area (Å²) in [6.07, 6.45) is 4.25. The van der Waals surface area contributed by atoms with E-state index in [2.05, 4.69) is 55.4 Å². The van der Waals surface area contributed by atoms with Crippen LogP contribution < -0.4 is 4.74 Å². The van der Waals surface area contributed by atoms with Crippen molar-refractivity contribution in [1.29, 1.82) is 0 Å². The summed E-state index contributed by atoms with van der Waals surface area (Å²) >= 11 is 0. The first-order chi connectivity index (χ1) is 12.6. The van der Waals surface area contributed by atoms with Gasteiger partial charge in [-0.05, 0) is 56.1 Å². The van der Waals surface area contributed by atoms with E-state index in [1.54, 1.807) is 0 Å². The average Bonchev–Trinajstić information content (AvgIpc) is 2.66. The van der Waals surface area contributed by atoms with Gasteiger partial charge in [0.05, 0.1) is 6.10 Å². The highest BCUT2D eigenvalue weighted by molar-refractivity contribution is 5.31. The van der Waals surface area contributed by atoms with Gasteiger partial charge >= 0.3 is 0 Å². The van der Waals surface area contributed by atoms with Crippen molar-refractivity contribution in [2.24, 2.45) is 5.92 Å². The predicted molar refractivity (Wildman–Crippen MR) is 106 cm³/mol. The summed E-state index contributed by atoms with van der Waals surface area (Å²) in [6, 6.07) is 18.7. The second-order valence-electron chi connectivity index (χ2n) is 7.73. The summed E-state index contributed by atoms with van der Waals surface area (Å²) in [5.41, 5.74) is 2.48. The number of aliphatic hydroxyl groups is 1. The molecule has 1 fully saturated rings. The number of benzene rings is 2. The van der Waals surface area contributed by atoms with Gasteiger partial charge in [0.15, 0.2) is 0 Å². The van der Waals surface area contributed by atoms with Crippen LogP contribution in [0.4, 0.5) is 0 Å². The van der Waals surface area contributed by atoms with Gasteiger partial charge in [0, 0.05) is 12.5 Å². The fraction of sp³-hybridized carbons (Fsp3) is 0.478. The topological polar surface area (TPSA) is 32.7 Å². The van der Waals surface area contributed by atoms with Crippen molar-refractivity contribution in [3.05, 3.63) is 65.7 Å². The minimum atomic E-state index is -0.178. The van der Waals surface area contributed by atoms with Crippen molar-refractivity contribution < 1.29 is 9.84 Å². The van der Waals surface area contributed by atoms with Crippen LogP contribution in [0, 0.1) is 5.92 Å². The highest BCUT2D eigenvalue weighted by atomic mass is 16.5. The largest absolute Gasteiger partial charge is 0.489 e. The number of rotatable bonds is 7. The second kappa shape index (κ2) is 9.20. The van der Waals surface area contributed by atoms with Crippen molar-refractivity contribution in [2.75, 3.05) is 20.6 Å². The van der Waals surface area contributed by atoms with E-state index >= 15 is 0 Å². The lowest BCUT2D eigenvalue weighted by Gasteiger charge is -2.36. The van der Waals surface area contributed by atoms with E-state index < -0.39 is 0 Å². The van der Waals surface area contributed by atoms with Crippen molar-refractivity contribution >= 4 is 0 Å². The molecule has 3 nitrogen and oxygen atoms in total. The van der Waals surface area contributed by atoms with E-state index in [1.807, 2.05) is 18.2 Å². The molecule has 3 atom stereocenters.